The maximum Gasteiger partial charge on any atom is 0.344 e. The van der Waals surface area contributed by atoms with Crippen molar-refractivity contribution in [2.75, 3.05) is 13.2 Å². The molecule has 112 heavy (non-hydrogen) atoms. The summed E-state index contributed by atoms with van der Waals surface area (Å²) in [6, 6.07) is 4.95. The number of rotatable bonds is 11. The molecule has 2 saturated heterocycles. The molecule has 0 amide bonds. The van der Waals surface area contributed by atoms with Gasteiger partial charge in [-0.05, 0) is 54.6 Å². The first-order valence-corrected chi connectivity index (χ1v) is 31.4. The summed E-state index contributed by atoms with van der Waals surface area (Å²) in [5, 5.41) is 261. The number of ether oxygens (including phenoxy) is 11. The lowest BCUT2D eigenvalue weighted by molar-refractivity contribution is -0.287. The normalized spacial score (nSPS) is 20.6. The van der Waals surface area contributed by atoms with Crippen LogP contribution >= 0.6 is 0 Å². The van der Waals surface area contributed by atoms with Crippen LogP contribution in [0.25, 0.3) is 33.4 Å². The number of fused-ring (bicyclic) bond motifs is 9. The Kier molecular flexibility index (Phi) is 19.4. The van der Waals surface area contributed by atoms with Gasteiger partial charge in [-0.3, -0.25) is 4.79 Å². The number of hydrogen-bond acceptors (Lipinski definition) is 43. The van der Waals surface area contributed by atoms with Gasteiger partial charge in [0.1, 0.15) is 42.0 Å². The van der Waals surface area contributed by atoms with Crippen molar-refractivity contribution < 1.29 is 213 Å². The van der Waals surface area contributed by atoms with Gasteiger partial charge in [0.05, 0.1) is 40.0 Å². The van der Waals surface area contributed by atoms with Crippen LogP contribution in [0.5, 0.6) is 138 Å². The van der Waals surface area contributed by atoms with Crippen molar-refractivity contribution in [1.82, 2.24) is 0 Å². The van der Waals surface area contributed by atoms with Crippen LogP contribution < -0.4 is 4.74 Å². The molecule has 12 rings (SSSR count). The number of phenolic OH excluding ortho intramolecular Hbond substituents is 22. The van der Waals surface area contributed by atoms with Crippen LogP contribution in [0.2, 0.25) is 0 Å². The second kappa shape index (κ2) is 28.5. The van der Waals surface area contributed by atoms with E-state index in [2.05, 4.69) is 0 Å². The van der Waals surface area contributed by atoms with Gasteiger partial charge in [0.25, 0.3) is 0 Å². The Hall–Kier alpha value is -15.2. The maximum atomic E-state index is 14.9. The maximum absolute atomic E-state index is 14.9. The number of cyclic esters (lactones) is 1. The molecule has 4 heterocycles. The summed E-state index contributed by atoms with van der Waals surface area (Å²) in [7, 11) is 0. The van der Waals surface area contributed by atoms with Gasteiger partial charge in [-0.25, -0.2) is 33.6 Å². The molecule has 0 bridgehead atoms. The molecular formula is C69H52O43. The van der Waals surface area contributed by atoms with Crippen molar-refractivity contribution in [2.24, 2.45) is 0 Å². The van der Waals surface area contributed by atoms with Crippen LogP contribution in [0.4, 0.5) is 0 Å². The number of carbonyl (C=O) groups is 8. The quantitative estimate of drug-likeness (QED) is 0.0502. The molecule has 0 unspecified atom stereocenters. The lowest BCUT2D eigenvalue weighted by atomic mass is 9.91. The number of benzene rings is 8. The zero-order valence-electron chi connectivity index (χ0n) is 55.5. The van der Waals surface area contributed by atoms with Crippen LogP contribution in [0, 0.1) is 0 Å². The Balaban J connectivity index is 0.938. The van der Waals surface area contributed by atoms with Crippen molar-refractivity contribution in [3.8, 4) is 171 Å². The molecule has 0 spiro atoms. The molecule has 0 aliphatic carbocycles. The largest absolute Gasteiger partial charge is 0.508 e. The second-order valence-corrected chi connectivity index (χ2v) is 24.4. The summed E-state index contributed by atoms with van der Waals surface area (Å²) < 4.78 is 61.8. The molecule has 4 aliphatic heterocycles. The van der Waals surface area contributed by atoms with E-state index >= 15 is 0 Å². The third kappa shape index (κ3) is 13.0. The number of esters is 8. The highest BCUT2D eigenvalue weighted by Gasteiger charge is 2.57. The second-order valence-electron chi connectivity index (χ2n) is 24.4. The number of hydrogen-bond donors (Lipinski definition) is 24. The smallest absolute Gasteiger partial charge is 0.344 e. The highest BCUT2D eigenvalue weighted by Crippen LogP contribution is 2.57. The van der Waals surface area contributed by atoms with Gasteiger partial charge in [-0.1, -0.05) is 0 Å². The van der Waals surface area contributed by atoms with Gasteiger partial charge in [-0.2, -0.15) is 0 Å². The lowest BCUT2D eigenvalue weighted by Crippen LogP contribution is -2.63. The number of phenols is 22. The fraction of sp³-hybridized carbons (Fsp3) is 0.188. The van der Waals surface area contributed by atoms with Crippen LogP contribution in [0.3, 0.4) is 0 Å². The third-order valence-electron chi connectivity index (χ3n) is 17.5. The molecule has 10 atom stereocenters. The van der Waals surface area contributed by atoms with Crippen molar-refractivity contribution in [3.63, 3.8) is 0 Å². The number of carbonyl (C=O) groups excluding carboxylic acids is 8. The summed E-state index contributed by atoms with van der Waals surface area (Å²) in [4.78, 5) is 116. The molecule has 43 nitrogen and oxygen atoms in total. The molecule has 43 heteroatoms. The SMILES string of the molecule is CC(=O)O[C@H]1[C@@H](O)[C@H](CO)O[C@@H](OC(=O)c2cc(O)c(O)c(O)c2Oc2cc(C(=O)O[C@@H]3O[C@@H]4COC(=O)c5cc(O)cc(O)c5-c5c(cc(O)c(O)c5O)C(=O)O[C@@H]4[C@H]4OC(=O)c5cc(O)c(O)c(O)c5-c5c(cc(O)c(O)c5O)C(=O)O[C@H]34)cc(O)c2O)[C@@H]1OC(=O)c1cc(O)c(O)c(O)c1-c1ccc(O)c(O)c1O. The Morgan fingerprint density at radius 3 is 1.41 bits per heavy atom. The fourth-order valence-electron chi connectivity index (χ4n) is 12.3. The van der Waals surface area contributed by atoms with E-state index in [-0.39, 0.29) is 6.07 Å². The van der Waals surface area contributed by atoms with Gasteiger partial charge in [-0.15, -0.1) is 0 Å². The zero-order valence-corrected chi connectivity index (χ0v) is 55.5. The molecule has 0 radical (unpaired) electrons. The summed E-state index contributed by atoms with van der Waals surface area (Å²) in [6.07, 6.45) is -25.4. The standard InChI is InChI=1S/C69H52O43/c1-15(71)103-57-49(89)34(13-70)105-68(59(57)109-63(97)20-8-28(76)44(84)50(90)36(20)18-2-3-25(73)43(83)41(18)81)112-67(101)24-12-32(80)48(88)54(94)55(24)104-33-5-16(4-27(75)42(33)82)61(95)111-69-60-58(108-65(99)22-10-30(78)46(86)52(92)39(22)40-23(66(100)110-60)11-31(79)47(87)53(40)93)56-35(106-69)14-102-62(96)19-6-17(72)7-26(74)37(19)38-21(64(98)107-56)9-29(77)45(85)51(38)91/h2-12,34-35,49,56-60,68-70,72-94H,13-14H2,1H3/t34-,35+,49-,56-,57-,58+,59+,60-,68-,69-/m0/s1. The van der Waals surface area contributed by atoms with Crippen LogP contribution in [0.1, 0.15) is 79.4 Å². The fourth-order valence-corrected chi connectivity index (χ4v) is 12.3. The molecule has 0 aromatic heterocycles. The molecule has 8 aromatic carbocycles. The highest BCUT2D eigenvalue weighted by atomic mass is 16.8. The summed E-state index contributed by atoms with van der Waals surface area (Å²) in [6.45, 7) is -1.96. The van der Waals surface area contributed by atoms with Gasteiger partial charge in [0.2, 0.25) is 70.8 Å². The topological polar surface area (TPSA) is 724 Å². The van der Waals surface area contributed by atoms with Gasteiger partial charge in [0.15, 0.2) is 98.8 Å². The molecule has 4 aliphatic rings. The third-order valence-corrected chi connectivity index (χ3v) is 17.5. The van der Waals surface area contributed by atoms with Crippen molar-refractivity contribution in [2.45, 2.75) is 68.3 Å². The molecular weight excluding hydrogens is 1520 g/mol. The van der Waals surface area contributed by atoms with Gasteiger partial charge >= 0.3 is 47.8 Å². The number of aromatic hydroxyl groups is 22. The van der Waals surface area contributed by atoms with Crippen LogP contribution in [0.15, 0.2) is 66.7 Å². The van der Waals surface area contributed by atoms with E-state index in [0.29, 0.717) is 54.6 Å². The average Bonchev–Trinajstić information content (AvgIpc) is 1.18. The van der Waals surface area contributed by atoms with Crippen LogP contribution in [-0.4, -0.2) is 245 Å². The Labute approximate surface area is 617 Å². The molecule has 586 valence electrons. The number of aliphatic hydroxyl groups excluding tert-OH is 2. The molecule has 2 fully saturated rings. The summed E-state index contributed by atoms with van der Waals surface area (Å²) in [5.74, 6) is -48.0. The Morgan fingerprint density at radius 2 is 0.857 bits per heavy atom. The Morgan fingerprint density at radius 1 is 0.393 bits per heavy atom. The Bertz CT molecular complexity index is 5390. The first kappa shape index (κ1) is 76.4. The van der Waals surface area contributed by atoms with E-state index in [9.17, 15) is 161 Å². The molecule has 8 aromatic rings. The summed E-state index contributed by atoms with van der Waals surface area (Å²) in [5.41, 5.74) is -14.4. The van der Waals surface area contributed by atoms with E-state index < -0.39 is 333 Å². The first-order chi connectivity index (χ1) is 52.7. The summed E-state index contributed by atoms with van der Waals surface area (Å²) >= 11 is 0. The predicted molar refractivity (Wildman–Crippen MR) is 349 cm³/mol. The minimum absolute atomic E-state index is 0.232. The molecule has 0 saturated carbocycles. The van der Waals surface area contributed by atoms with Crippen molar-refractivity contribution in [3.05, 3.63) is 106 Å². The van der Waals surface area contributed by atoms with Gasteiger partial charge in [0, 0.05) is 52.4 Å². The highest BCUT2D eigenvalue weighted by molar-refractivity contribution is 6.10. The number of aliphatic hydroxyl groups is 2. The van der Waals surface area contributed by atoms with E-state index in [1.807, 2.05) is 0 Å². The average molecular weight is 1570 g/mol. The monoisotopic (exact) mass is 1570 g/mol. The minimum Gasteiger partial charge on any atom is -0.508 e. The van der Waals surface area contributed by atoms with E-state index in [1.54, 1.807) is 0 Å². The minimum atomic E-state index is -2.86. The zero-order chi connectivity index (χ0) is 81.7. The predicted octanol–water partition coefficient (Wildman–Crippen LogP) is 2.44. The van der Waals surface area contributed by atoms with E-state index in [1.165, 1.54) is 0 Å². The van der Waals surface area contributed by atoms with Crippen LogP contribution in [-0.2, 0) is 52.2 Å². The van der Waals surface area contributed by atoms with E-state index in [4.69, 9.17) is 52.1 Å². The lowest BCUT2D eigenvalue weighted by Gasteiger charge is -2.44. The first-order valence-electron chi connectivity index (χ1n) is 31.4. The van der Waals surface area contributed by atoms with E-state index in [0.717, 1.165) is 13.0 Å². The van der Waals surface area contributed by atoms with Crippen molar-refractivity contribution in [1.29, 1.82) is 0 Å². The molecule has 24 N–H and O–H groups in total. The van der Waals surface area contributed by atoms with Crippen molar-refractivity contribution >= 4 is 47.8 Å². The van der Waals surface area contributed by atoms with Gasteiger partial charge < -0.3 is 175 Å².